The van der Waals surface area contributed by atoms with Gasteiger partial charge in [0.1, 0.15) is 18.8 Å². The Balaban J connectivity index is 3.90. The highest BCUT2D eigenvalue weighted by Gasteiger charge is 2.31. The van der Waals surface area contributed by atoms with Gasteiger partial charge in [-0.05, 0) is 19.3 Å². The predicted octanol–water partition coefficient (Wildman–Crippen LogP) is 6.30. The normalized spacial score (nSPS) is 15.7. The smallest absolute Gasteiger partial charge is 0.330 e. The van der Waals surface area contributed by atoms with Crippen molar-refractivity contribution in [2.75, 3.05) is 54.1 Å². The summed E-state index contributed by atoms with van der Waals surface area (Å²) in [6, 6.07) is -0.146. The topological polar surface area (TPSA) is 94.2 Å². The van der Waals surface area contributed by atoms with Crippen LogP contribution in [0.5, 0.6) is 0 Å². The quantitative estimate of drug-likeness (QED) is 0.0647. The molecule has 0 spiro atoms. The molecule has 0 aliphatic heterocycles. The molecule has 3 atom stereocenters. The van der Waals surface area contributed by atoms with Crippen molar-refractivity contribution in [1.29, 1.82) is 0 Å². The lowest BCUT2D eigenvalue weighted by molar-refractivity contribution is -0.870. The molecule has 0 bridgehead atoms. The molecule has 0 aromatic heterocycles. The fourth-order valence-electron chi connectivity index (χ4n) is 4.06. The van der Waals surface area contributed by atoms with Gasteiger partial charge in [-0.15, -0.1) is 0 Å². The Kier molecular flexibility index (Phi) is 23.2. The van der Waals surface area contributed by atoms with Crippen molar-refractivity contribution in [1.82, 2.24) is 0 Å². The van der Waals surface area contributed by atoms with Gasteiger partial charge in [0.15, 0.2) is 0 Å². The molecule has 0 saturated heterocycles. The van der Waals surface area contributed by atoms with Gasteiger partial charge >= 0.3 is 8.60 Å². The monoisotopic (exact) mass is 537 g/mol. The molecule has 0 aromatic rings. The molecule has 0 aliphatic carbocycles. The molecule has 36 heavy (non-hydrogen) atoms. The number of aliphatic hydroxyl groups is 1. The van der Waals surface area contributed by atoms with E-state index in [0.29, 0.717) is 19.6 Å². The molecular formula is C28H62N2O5P+. The second-order valence-electron chi connectivity index (χ2n) is 11.6. The van der Waals surface area contributed by atoms with Crippen LogP contribution in [0.3, 0.4) is 0 Å². The Morgan fingerprint density at radius 2 is 1.25 bits per heavy atom. The van der Waals surface area contributed by atoms with Crippen LogP contribution in [0.15, 0.2) is 0 Å². The minimum absolute atomic E-state index is 0.0496. The van der Waals surface area contributed by atoms with E-state index in [1.807, 2.05) is 6.92 Å². The van der Waals surface area contributed by atoms with Crippen LogP contribution in [0.4, 0.5) is 0 Å². The number of hydrogen-bond donors (Lipinski definition) is 3. The van der Waals surface area contributed by atoms with Crippen LogP contribution in [0.1, 0.15) is 117 Å². The molecule has 3 unspecified atom stereocenters. The SMILES string of the molecule is CCCCCCCCCCCCCCCCOCC(O)(COP(O)OCC[N+](C)(C)C)CC(N)CC. The summed E-state index contributed by atoms with van der Waals surface area (Å²) < 4.78 is 17.4. The summed E-state index contributed by atoms with van der Waals surface area (Å²) >= 11 is 0. The Bertz CT molecular complexity index is 481. The van der Waals surface area contributed by atoms with Gasteiger partial charge in [0, 0.05) is 12.6 Å². The highest BCUT2D eigenvalue weighted by Crippen LogP contribution is 2.34. The van der Waals surface area contributed by atoms with Gasteiger partial charge in [-0.2, -0.15) is 0 Å². The maximum Gasteiger partial charge on any atom is 0.330 e. The van der Waals surface area contributed by atoms with Crippen molar-refractivity contribution < 1.29 is 28.3 Å². The van der Waals surface area contributed by atoms with E-state index in [-0.39, 0.29) is 19.3 Å². The largest absolute Gasteiger partial charge is 0.385 e. The summed E-state index contributed by atoms with van der Waals surface area (Å²) in [6.07, 6.45) is 19.7. The zero-order chi connectivity index (χ0) is 27.1. The minimum atomic E-state index is -2.03. The molecule has 0 aliphatic rings. The Hall–Kier alpha value is 0.150. The van der Waals surface area contributed by atoms with Gasteiger partial charge in [0.05, 0.1) is 34.4 Å². The van der Waals surface area contributed by atoms with Gasteiger partial charge < -0.3 is 34.0 Å². The molecule has 4 N–H and O–H groups in total. The summed E-state index contributed by atoms with van der Waals surface area (Å²) in [5, 5.41) is 11.0. The molecule has 8 heteroatoms. The fraction of sp³-hybridized carbons (Fsp3) is 1.00. The third kappa shape index (κ3) is 24.5. The number of rotatable bonds is 27. The summed E-state index contributed by atoms with van der Waals surface area (Å²) in [4.78, 5) is 10.0. The maximum absolute atomic E-state index is 11.0. The summed E-state index contributed by atoms with van der Waals surface area (Å²) in [7, 11) is 4.15. The van der Waals surface area contributed by atoms with Crippen LogP contribution in [0.2, 0.25) is 0 Å². The van der Waals surface area contributed by atoms with Crippen LogP contribution in [-0.2, 0) is 13.8 Å². The summed E-state index contributed by atoms with van der Waals surface area (Å²) in [5.74, 6) is 0. The average molecular weight is 538 g/mol. The van der Waals surface area contributed by atoms with Gasteiger partial charge in [-0.1, -0.05) is 97.3 Å². The van der Waals surface area contributed by atoms with Crippen molar-refractivity contribution in [3.8, 4) is 0 Å². The molecule has 0 radical (unpaired) electrons. The molecule has 0 fully saturated rings. The number of hydrogen-bond acceptors (Lipinski definition) is 6. The van der Waals surface area contributed by atoms with Crippen LogP contribution in [0.25, 0.3) is 0 Å². The van der Waals surface area contributed by atoms with Gasteiger partial charge in [-0.3, -0.25) is 0 Å². The van der Waals surface area contributed by atoms with Crippen LogP contribution < -0.4 is 5.73 Å². The lowest BCUT2D eigenvalue weighted by Gasteiger charge is -2.30. The molecule has 218 valence electrons. The highest BCUT2D eigenvalue weighted by molar-refractivity contribution is 7.40. The van der Waals surface area contributed by atoms with E-state index in [9.17, 15) is 10.00 Å². The summed E-state index contributed by atoms with van der Waals surface area (Å²) in [6.45, 7) is 6.15. The number of unbranched alkanes of at least 4 members (excludes halogenated alkanes) is 13. The van der Waals surface area contributed by atoms with Crippen molar-refractivity contribution in [3.05, 3.63) is 0 Å². The number of nitrogens with two attached hydrogens (primary N) is 1. The van der Waals surface area contributed by atoms with Gasteiger partial charge in [0.2, 0.25) is 0 Å². The van der Waals surface area contributed by atoms with Crippen molar-refractivity contribution >= 4 is 8.60 Å². The number of nitrogens with zero attached hydrogens (tertiary/aromatic N) is 1. The van der Waals surface area contributed by atoms with Crippen molar-refractivity contribution in [2.24, 2.45) is 5.73 Å². The molecule has 0 heterocycles. The lowest BCUT2D eigenvalue weighted by atomic mass is 9.95. The number of likely N-dealkylation sites (N-methyl/N-ethyl adjacent to an activating group) is 1. The third-order valence-electron chi connectivity index (χ3n) is 6.59. The number of quaternary nitrogens is 1. The van der Waals surface area contributed by atoms with E-state index >= 15 is 0 Å². The second kappa shape index (κ2) is 23.1. The Morgan fingerprint density at radius 3 is 1.72 bits per heavy atom. The van der Waals surface area contributed by atoms with Crippen molar-refractivity contribution in [3.63, 3.8) is 0 Å². The van der Waals surface area contributed by atoms with E-state index in [2.05, 4.69) is 28.1 Å². The minimum Gasteiger partial charge on any atom is -0.385 e. The standard InChI is InChI=1S/C28H62N2O5P/c1-6-8-9-10-11-12-13-14-15-16-17-18-19-20-22-33-25-28(31,24-27(29)7-2)26-35-36(32)34-23-21-30(3,4)5/h27,31-32H,6-26,29H2,1-5H3/q+1. The molecular weight excluding hydrogens is 475 g/mol. The first-order valence-electron chi connectivity index (χ1n) is 14.7. The third-order valence-corrected chi connectivity index (χ3v) is 7.34. The molecule has 0 aromatic carbocycles. The lowest BCUT2D eigenvalue weighted by Crippen LogP contribution is -2.44. The van der Waals surface area contributed by atoms with Crippen molar-refractivity contribution in [2.45, 2.75) is 128 Å². The number of ether oxygens (including phenoxy) is 1. The molecule has 7 nitrogen and oxygen atoms in total. The zero-order valence-electron chi connectivity index (χ0n) is 24.5. The zero-order valence-corrected chi connectivity index (χ0v) is 25.4. The second-order valence-corrected chi connectivity index (χ2v) is 12.6. The van der Waals surface area contributed by atoms with E-state index in [1.54, 1.807) is 0 Å². The molecule has 0 rings (SSSR count). The van der Waals surface area contributed by atoms with Crippen LogP contribution in [0, 0.1) is 0 Å². The molecule has 0 amide bonds. The summed E-state index contributed by atoms with van der Waals surface area (Å²) in [5.41, 5.74) is 4.87. The van der Waals surface area contributed by atoms with Gasteiger partial charge in [-0.25, -0.2) is 0 Å². The van der Waals surface area contributed by atoms with Crippen LogP contribution in [-0.4, -0.2) is 80.2 Å². The average Bonchev–Trinajstić information content (AvgIpc) is 2.81. The van der Waals surface area contributed by atoms with Crippen LogP contribution >= 0.6 is 8.60 Å². The van der Waals surface area contributed by atoms with Gasteiger partial charge in [0.25, 0.3) is 0 Å². The van der Waals surface area contributed by atoms with E-state index < -0.39 is 14.2 Å². The maximum atomic E-state index is 11.0. The predicted molar refractivity (Wildman–Crippen MR) is 153 cm³/mol. The van der Waals surface area contributed by atoms with E-state index in [0.717, 1.165) is 30.3 Å². The Morgan fingerprint density at radius 1 is 0.750 bits per heavy atom. The first-order chi connectivity index (χ1) is 17.1. The van der Waals surface area contributed by atoms with E-state index in [1.165, 1.54) is 77.0 Å². The molecule has 0 saturated carbocycles. The Labute approximate surface area is 225 Å². The first kappa shape index (κ1) is 36.1. The first-order valence-corrected chi connectivity index (χ1v) is 15.9. The van der Waals surface area contributed by atoms with E-state index in [4.69, 9.17) is 19.5 Å². The fourth-order valence-corrected chi connectivity index (χ4v) is 4.72. The highest BCUT2D eigenvalue weighted by atomic mass is 31.2.